The molecule has 1 amide bonds. The molecule has 0 radical (unpaired) electrons. The van der Waals surface area contributed by atoms with E-state index in [1.807, 2.05) is 0 Å². The third kappa shape index (κ3) is 2.78. The third-order valence-electron chi connectivity index (χ3n) is 4.85. The number of fused-ring (bicyclic) bond motifs is 1. The van der Waals surface area contributed by atoms with Crippen LogP contribution < -0.4 is 11.1 Å². The fraction of sp³-hybridized carbons (Fsp3) is 0.929. The van der Waals surface area contributed by atoms with E-state index in [-0.39, 0.29) is 18.1 Å². The molecule has 0 bridgehead atoms. The highest BCUT2D eigenvalue weighted by Crippen LogP contribution is 2.27. The van der Waals surface area contributed by atoms with Gasteiger partial charge in [-0.2, -0.15) is 0 Å². The van der Waals surface area contributed by atoms with E-state index in [2.05, 4.69) is 10.2 Å². The van der Waals surface area contributed by atoms with Crippen molar-refractivity contribution in [2.24, 2.45) is 5.73 Å². The zero-order valence-corrected chi connectivity index (χ0v) is 11.5. The number of nitrogens with two attached hydrogens (primary N) is 1. The molecule has 3 fully saturated rings. The number of rotatable bonds is 3. The van der Waals surface area contributed by atoms with E-state index in [0.29, 0.717) is 18.6 Å². The monoisotopic (exact) mass is 267 g/mol. The number of hydrogen-bond acceptors (Lipinski definition) is 4. The first kappa shape index (κ1) is 13.3. The minimum atomic E-state index is -0.272. The molecular weight excluding hydrogens is 242 g/mol. The van der Waals surface area contributed by atoms with Crippen molar-refractivity contribution in [2.75, 3.05) is 19.6 Å². The number of carbonyl (C=O) groups excluding carboxylic acids is 1. The van der Waals surface area contributed by atoms with Crippen LogP contribution in [0.4, 0.5) is 0 Å². The molecule has 3 saturated heterocycles. The SMILES string of the molecule is NC[C@H]1CC[C@@H](C(=O)NC2CCN3CCCCC23)O1. The normalized spacial score (nSPS) is 39.2. The fourth-order valence-corrected chi connectivity index (χ4v) is 3.76. The van der Waals surface area contributed by atoms with Crippen molar-refractivity contribution < 1.29 is 9.53 Å². The average Bonchev–Trinajstić information content (AvgIpc) is 3.06. The highest BCUT2D eigenvalue weighted by molar-refractivity contribution is 5.81. The van der Waals surface area contributed by atoms with E-state index < -0.39 is 0 Å². The van der Waals surface area contributed by atoms with Crippen LogP contribution in [0.15, 0.2) is 0 Å². The molecule has 5 heteroatoms. The van der Waals surface area contributed by atoms with Gasteiger partial charge in [0.15, 0.2) is 0 Å². The maximum Gasteiger partial charge on any atom is 0.249 e. The lowest BCUT2D eigenvalue weighted by atomic mass is 9.99. The molecule has 3 rings (SSSR count). The van der Waals surface area contributed by atoms with Gasteiger partial charge < -0.3 is 15.8 Å². The zero-order chi connectivity index (χ0) is 13.2. The molecule has 3 N–H and O–H groups in total. The number of amides is 1. The van der Waals surface area contributed by atoms with Gasteiger partial charge in [-0.25, -0.2) is 0 Å². The van der Waals surface area contributed by atoms with Gasteiger partial charge in [0.1, 0.15) is 6.10 Å². The smallest absolute Gasteiger partial charge is 0.249 e. The Bertz CT molecular complexity index is 337. The lowest BCUT2D eigenvalue weighted by Gasteiger charge is -2.32. The van der Waals surface area contributed by atoms with Gasteiger partial charge in [-0.05, 0) is 38.6 Å². The second kappa shape index (κ2) is 5.77. The predicted molar refractivity (Wildman–Crippen MR) is 72.7 cm³/mol. The molecule has 2 unspecified atom stereocenters. The molecule has 5 nitrogen and oxygen atoms in total. The first-order valence-electron chi connectivity index (χ1n) is 7.68. The average molecular weight is 267 g/mol. The van der Waals surface area contributed by atoms with Crippen molar-refractivity contribution in [1.82, 2.24) is 10.2 Å². The van der Waals surface area contributed by atoms with Crippen LogP contribution in [0, 0.1) is 0 Å². The van der Waals surface area contributed by atoms with Crippen molar-refractivity contribution in [1.29, 1.82) is 0 Å². The Morgan fingerprint density at radius 3 is 2.89 bits per heavy atom. The van der Waals surface area contributed by atoms with Gasteiger partial charge in [0.25, 0.3) is 0 Å². The molecule has 0 aliphatic carbocycles. The zero-order valence-electron chi connectivity index (χ0n) is 11.5. The lowest BCUT2D eigenvalue weighted by molar-refractivity contribution is -0.132. The van der Waals surface area contributed by atoms with E-state index in [1.54, 1.807) is 0 Å². The van der Waals surface area contributed by atoms with Crippen LogP contribution in [0.5, 0.6) is 0 Å². The van der Waals surface area contributed by atoms with Crippen LogP contribution in [0.3, 0.4) is 0 Å². The number of piperidine rings is 1. The van der Waals surface area contributed by atoms with E-state index in [0.717, 1.165) is 25.8 Å². The van der Waals surface area contributed by atoms with E-state index >= 15 is 0 Å². The van der Waals surface area contributed by atoms with Crippen molar-refractivity contribution in [3.05, 3.63) is 0 Å². The highest BCUT2D eigenvalue weighted by Gasteiger charge is 2.38. The van der Waals surface area contributed by atoms with Crippen LogP contribution in [-0.4, -0.2) is 54.7 Å². The summed E-state index contributed by atoms with van der Waals surface area (Å²) in [5, 5.41) is 3.22. The van der Waals surface area contributed by atoms with Crippen LogP contribution in [0.1, 0.15) is 38.5 Å². The van der Waals surface area contributed by atoms with E-state index in [4.69, 9.17) is 10.5 Å². The van der Waals surface area contributed by atoms with Crippen LogP contribution in [-0.2, 0) is 9.53 Å². The summed E-state index contributed by atoms with van der Waals surface area (Å²) in [6.07, 6.45) is 6.44. The summed E-state index contributed by atoms with van der Waals surface area (Å²) < 4.78 is 5.67. The van der Waals surface area contributed by atoms with Gasteiger partial charge >= 0.3 is 0 Å². The Morgan fingerprint density at radius 1 is 1.21 bits per heavy atom. The minimum absolute atomic E-state index is 0.0745. The number of nitrogens with zero attached hydrogens (tertiary/aromatic N) is 1. The summed E-state index contributed by atoms with van der Waals surface area (Å²) in [4.78, 5) is 14.8. The van der Waals surface area contributed by atoms with Crippen molar-refractivity contribution in [2.45, 2.75) is 62.8 Å². The summed E-state index contributed by atoms with van der Waals surface area (Å²) >= 11 is 0. The summed E-state index contributed by atoms with van der Waals surface area (Å²) in [7, 11) is 0. The molecule has 3 heterocycles. The number of hydrogen-bond donors (Lipinski definition) is 2. The van der Waals surface area contributed by atoms with Crippen molar-refractivity contribution in [3.63, 3.8) is 0 Å². The van der Waals surface area contributed by atoms with Gasteiger partial charge in [0.05, 0.1) is 6.10 Å². The number of nitrogens with one attached hydrogen (secondary N) is 1. The van der Waals surface area contributed by atoms with Crippen LogP contribution >= 0.6 is 0 Å². The summed E-state index contributed by atoms with van der Waals surface area (Å²) in [5.74, 6) is 0.0772. The summed E-state index contributed by atoms with van der Waals surface area (Å²) in [5.41, 5.74) is 5.58. The Labute approximate surface area is 114 Å². The Balaban J connectivity index is 1.52. The largest absolute Gasteiger partial charge is 0.364 e. The van der Waals surface area contributed by atoms with Gasteiger partial charge in [-0.3, -0.25) is 9.69 Å². The highest BCUT2D eigenvalue weighted by atomic mass is 16.5. The molecule has 0 spiro atoms. The molecule has 4 atom stereocenters. The van der Waals surface area contributed by atoms with Crippen LogP contribution in [0.2, 0.25) is 0 Å². The van der Waals surface area contributed by atoms with Gasteiger partial charge in [-0.1, -0.05) is 6.42 Å². The van der Waals surface area contributed by atoms with E-state index in [1.165, 1.54) is 25.8 Å². The van der Waals surface area contributed by atoms with Crippen molar-refractivity contribution in [3.8, 4) is 0 Å². The minimum Gasteiger partial charge on any atom is -0.364 e. The maximum atomic E-state index is 12.2. The first-order chi connectivity index (χ1) is 9.28. The van der Waals surface area contributed by atoms with Gasteiger partial charge in [0, 0.05) is 25.2 Å². The quantitative estimate of drug-likeness (QED) is 0.768. The molecule has 0 aromatic rings. The molecular formula is C14H25N3O2. The molecule has 0 aromatic carbocycles. The fourth-order valence-electron chi connectivity index (χ4n) is 3.76. The maximum absolute atomic E-state index is 12.2. The number of carbonyl (C=O) groups is 1. The molecule has 19 heavy (non-hydrogen) atoms. The van der Waals surface area contributed by atoms with E-state index in [9.17, 15) is 4.79 Å². The lowest BCUT2D eigenvalue weighted by Crippen LogP contribution is -2.49. The van der Waals surface area contributed by atoms with Crippen molar-refractivity contribution >= 4 is 5.91 Å². The topological polar surface area (TPSA) is 67.6 Å². The second-order valence-corrected chi connectivity index (χ2v) is 6.06. The second-order valence-electron chi connectivity index (χ2n) is 6.06. The Morgan fingerprint density at radius 2 is 2.11 bits per heavy atom. The molecule has 3 aliphatic rings. The summed E-state index contributed by atoms with van der Waals surface area (Å²) in [6, 6.07) is 0.887. The molecule has 0 saturated carbocycles. The Hall–Kier alpha value is -0.650. The third-order valence-corrected chi connectivity index (χ3v) is 4.85. The number of ether oxygens (including phenoxy) is 1. The molecule has 3 aliphatic heterocycles. The van der Waals surface area contributed by atoms with Gasteiger partial charge in [-0.15, -0.1) is 0 Å². The first-order valence-corrected chi connectivity index (χ1v) is 7.68. The molecule has 108 valence electrons. The standard InChI is InChI=1S/C14H25N3O2/c15-9-10-4-5-13(19-10)14(18)16-11-6-8-17-7-2-1-3-12(11)17/h10-13H,1-9,15H2,(H,16,18)/t10-,11?,12?,13+/m1/s1. The predicted octanol–water partition coefficient (Wildman–Crippen LogP) is 0.236. The van der Waals surface area contributed by atoms with Gasteiger partial charge in [0.2, 0.25) is 5.91 Å². The molecule has 0 aromatic heterocycles. The summed E-state index contributed by atoms with van der Waals surface area (Å²) in [6.45, 7) is 2.85. The Kier molecular flexibility index (Phi) is 4.05. The van der Waals surface area contributed by atoms with Crippen LogP contribution in [0.25, 0.3) is 0 Å².